The minimum atomic E-state index is 0.575. The van der Waals surface area contributed by atoms with E-state index in [9.17, 15) is 0 Å². The van der Waals surface area contributed by atoms with Gasteiger partial charge in [-0.2, -0.15) is 0 Å². The third kappa shape index (κ3) is 1.01. The first-order valence-corrected chi connectivity index (χ1v) is 3.72. The molecule has 0 aliphatic heterocycles. The van der Waals surface area contributed by atoms with Gasteiger partial charge in [-0.15, -0.1) is 10.2 Å². The number of hydrogen-bond acceptors (Lipinski definition) is 3. The number of H-pyrrole nitrogens is 1. The highest BCUT2D eigenvalue weighted by Crippen LogP contribution is 2.20. The van der Waals surface area contributed by atoms with E-state index in [-0.39, 0.29) is 0 Å². The molecule has 0 aliphatic carbocycles. The fourth-order valence-corrected chi connectivity index (χ4v) is 1.09. The summed E-state index contributed by atoms with van der Waals surface area (Å²) in [5.74, 6) is 1.16. The van der Waals surface area contributed by atoms with Crippen LogP contribution >= 0.6 is 0 Å². The quantitative estimate of drug-likeness (QED) is 0.695. The molecule has 0 bridgehead atoms. The fraction of sp³-hybridized carbons (Fsp3) is 0.250. The predicted molar refractivity (Wildman–Crippen MR) is 43.6 cm³/mol. The van der Waals surface area contributed by atoms with Crippen molar-refractivity contribution < 1.29 is 4.42 Å². The average molecular weight is 163 g/mol. The molecule has 2 rings (SSSR count). The summed E-state index contributed by atoms with van der Waals surface area (Å²) in [4.78, 5) is 3.05. The zero-order valence-electron chi connectivity index (χ0n) is 6.96. The molecule has 0 saturated carbocycles. The van der Waals surface area contributed by atoms with Crippen molar-refractivity contribution in [2.24, 2.45) is 0 Å². The van der Waals surface area contributed by atoms with Crippen LogP contribution in [-0.4, -0.2) is 15.2 Å². The van der Waals surface area contributed by atoms with Gasteiger partial charge in [-0.1, -0.05) is 0 Å². The molecule has 0 fully saturated rings. The van der Waals surface area contributed by atoms with Crippen LogP contribution in [0.4, 0.5) is 0 Å². The molecule has 4 heteroatoms. The van der Waals surface area contributed by atoms with E-state index in [1.807, 2.05) is 19.2 Å². The van der Waals surface area contributed by atoms with E-state index < -0.39 is 0 Å². The molecule has 0 radical (unpaired) electrons. The molecule has 0 amide bonds. The second kappa shape index (κ2) is 2.48. The molecule has 1 N–H and O–H groups in total. The standard InChI is InChI=1S/C8H9N3O/c1-5-7(3-4-9-5)8-11-10-6(2)12-8/h3-4,9H,1-2H3. The number of aromatic amines is 1. The Labute approximate surface area is 69.6 Å². The highest BCUT2D eigenvalue weighted by molar-refractivity contribution is 5.55. The minimum Gasteiger partial charge on any atom is -0.421 e. The molecule has 0 atom stereocenters. The lowest BCUT2D eigenvalue weighted by atomic mass is 10.2. The molecule has 0 spiro atoms. The molecule has 0 aliphatic rings. The number of aryl methyl sites for hydroxylation is 2. The van der Waals surface area contributed by atoms with Crippen molar-refractivity contribution in [3.05, 3.63) is 23.8 Å². The number of hydrogen-bond donors (Lipinski definition) is 1. The summed E-state index contributed by atoms with van der Waals surface area (Å²) in [5.41, 5.74) is 2.01. The maximum Gasteiger partial charge on any atom is 0.249 e. The topological polar surface area (TPSA) is 54.7 Å². The van der Waals surface area contributed by atoms with E-state index in [0.29, 0.717) is 11.8 Å². The summed E-state index contributed by atoms with van der Waals surface area (Å²) < 4.78 is 5.27. The molecule has 2 aromatic heterocycles. The van der Waals surface area contributed by atoms with Crippen molar-refractivity contribution >= 4 is 0 Å². The first-order chi connectivity index (χ1) is 5.77. The van der Waals surface area contributed by atoms with Crippen LogP contribution in [0.3, 0.4) is 0 Å². The van der Waals surface area contributed by atoms with E-state index >= 15 is 0 Å². The van der Waals surface area contributed by atoms with Crippen LogP contribution in [-0.2, 0) is 0 Å². The summed E-state index contributed by atoms with van der Waals surface area (Å²) in [6, 6.07) is 1.92. The van der Waals surface area contributed by atoms with Crippen molar-refractivity contribution in [2.45, 2.75) is 13.8 Å². The number of nitrogens with zero attached hydrogens (tertiary/aromatic N) is 2. The zero-order valence-corrected chi connectivity index (χ0v) is 6.96. The molecule has 12 heavy (non-hydrogen) atoms. The maximum atomic E-state index is 5.27. The molecule has 0 saturated heterocycles. The zero-order chi connectivity index (χ0) is 8.55. The largest absolute Gasteiger partial charge is 0.421 e. The molecule has 4 nitrogen and oxygen atoms in total. The third-order valence-electron chi connectivity index (χ3n) is 1.71. The van der Waals surface area contributed by atoms with E-state index in [0.717, 1.165) is 11.3 Å². The SMILES string of the molecule is Cc1nnc(-c2cc[nH]c2C)o1. The van der Waals surface area contributed by atoms with E-state index in [1.165, 1.54) is 0 Å². The summed E-state index contributed by atoms with van der Waals surface area (Å²) in [6.45, 7) is 3.74. The predicted octanol–water partition coefficient (Wildman–Crippen LogP) is 1.68. The Hall–Kier alpha value is -1.58. The van der Waals surface area contributed by atoms with Gasteiger partial charge in [-0.25, -0.2) is 0 Å². The van der Waals surface area contributed by atoms with Crippen LogP contribution in [0, 0.1) is 13.8 Å². The van der Waals surface area contributed by atoms with Gasteiger partial charge in [-0.05, 0) is 13.0 Å². The Kier molecular flexibility index (Phi) is 1.46. The van der Waals surface area contributed by atoms with Gasteiger partial charge in [0.25, 0.3) is 0 Å². The van der Waals surface area contributed by atoms with Gasteiger partial charge in [0.1, 0.15) is 0 Å². The normalized spacial score (nSPS) is 10.5. The lowest BCUT2D eigenvalue weighted by molar-refractivity contribution is 0.532. The molecule has 0 aromatic carbocycles. The Morgan fingerprint density at radius 1 is 1.33 bits per heavy atom. The minimum absolute atomic E-state index is 0.575. The van der Waals surface area contributed by atoms with Crippen molar-refractivity contribution in [3.8, 4) is 11.5 Å². The van der Waals surface area contributed by atoms with Crippen molar-refractivity contribution in [1.29, 1.82) is 0 Å². The summed E-state index contributed by atoms with van der Waals surface area (Å²) in [7, 11) is 0. The maximum absolute atomic E-state index is 5.27. The molecular formula is C8H9N3O. The number of nitrogens with one attached hydrogen (secondary N) is 1. The Bertz CT molecular complexity index is 388. The van der Waals surface area contributed by atoms with Gasteiger partial charge in [0, 0.05) is 18.8 Å². The van der Waals surface area contributed by atoms with Gasteiger partial charge in [0.2, 0.25) is 11.8 Å². The second-order valence-corrected chi connectivity index (χ2v) is 2.64. The van der Waals surface area contributed by atoms with Crippen LogP contribution in [0.2, 0.25) is 0 Å². The van der Waals surface area contributed by atoms with Crippen LogP contribution < -0.4 is 0 Å². The first kappa shape index (κ1) is 7.09. The fourth-order valence-electron chi connectivity index (χ4n) is 1.09. The summed E-state index contributed by atoms with van der Waals surface area (Å²) >= 11 is 0. The molecule has 62 valence electrons. The average Bonchev–Trinajstić information content (AvgIpc) is 2.58. The van der Waals surface area contributed by atoms with Crippen molar-refractivity contribution in [3.63, 3.8) is 0 Å². The Balaban J connectivity index is 2.50. The second-order valence-electron chi connectivity index (χ2n) is 2.64. The Morgan fingerprint density at radius 2 is 2.17 bits per heavy atom. The van der Waals surface area contributed by atoms with Gasteiger partial charge in [-0.3, -0.25) is 0 Å². The van der Waals surface area contributed by atoms with Crippen LogP contribution in [0.1, 0.15) is 11.6 Å². The third-order valence-corrected chi connectivity index (χ3v) is 1.71. The Morgan fingerprint density at radius 3 is 2.67 bits per heavy atom. The van der Waals surface area contributed by atoms with E-state index in [4.69, 9.17) is 4.42 Å². The molecule has 2 aromatic rings. The van der Waals surface area contributed by atoms with E-state index in [1.54, 1.807) is 6.92 Å². The first-order valence-electron chi connectivity index (χ1n) is 3.72. The van der Waals surface area contributed by atoms with Crippen LogP contribution in [0.5, 0.6) is 0 Å². The molecule has 0 unspecified atom stereocenters. The highest BCUT2D eigenvalue weighted by atomic mass is 16.4. The summed E-state index contributed by atoms with van der Waals surface area (Å²) in [6.07, 6.45) is 1.85. The van der Waals surface area contributed by atoms with Crippen LogP contribution in [0.25, 0.3) is 11.5 Å². The number of rotatable bonds is 1. The van der Waals surface area contributed by atoms with Crippen LogP contribution in [0.15, 0.2) is 16.7 Å². The van der Waals surface area contributed by atoms with Gasteiger partial charge in [0.05, 0.1) is 5.56 Å². The highest BCUT2D eigenvalue weighted by Gasteiger charge is 2.08. The van der Waals surface area contributed by atoms with E-state index in [2.05, 4.69) is 15.2 Å². The lowest BCUT2D eigenvalue weighted by Gasteiger charge is -1.89. The monoisotopic (exact) mass is 163 g/mol. The van der Waals surface area contributed by atoms with Crippen molar-refractivity contribution in [2.75, 3.05) is 0 Å². The van der Waals surface area contributed by atoms with Gasteiger partial charge < -0.3 is 9.40 Å². The van der Waals surface area contributed by atoms with Gasteiger partial charge >= 0.3 is 0 Å². The smallest absolute Gasteiger partial charge is 0.249 e. The molecular weight excluding hydrogens is 154 g/mol. The van der Waals surface area contributed by atoms with Gasteiger partial charge in [0.15, 0.2) is 0 Å². The molecule has 2 heterocycles. The van der Waals surface area contributed by atoms with Crippen molar-refractivity contribution in [1.82, 2.24) is 15.2 Å². The number of aromatic nitrogens is 3. The lowest BCUT2D eigenvalue weighted by Crippen LogP contribution is -1.78. The summed E-state index contributed by atoms with van der Waals surface area (Å²) in [5, 5.41) is 7.67.